The van der Waals surface area contributed by atoms with Crippen molar-refractivity contribution in [3.05, 3.63) is 236 Å². The predicted molar refractivity (Wildman–Crippen MR) is 274 cm³/mol. The number of Topliss-reactive ketones (excluding diaryl/α,β-unsaturated/α-hetero) is 1. The molecule has 0 saturated heterocycles. The van der Waals surface area contributed by atoms with Crippen LogP contribution in [0.5, 0.6) is 0 Å². The lowest BCUT2D eigenvalue weighted by atomic mass is 9.87. The maximum absolute atomic E-state index is 13.9. The second-order valence-corrected chi connectivity index (χ2v) is 18.2. The van der Waals surface area contributed by atoms with Gasteiger partial charge in [0.2, 0.25) is 0 Å². The number of rotatable bonds is 14. The van der Waals surface area contributed by atoms with Crippen molar-refractivity contribution in [2.75, 3.05) is 0 Å². The number of carboxylic acids is 1. The molecular formula is C57H44Cl3F6N3O5. The van der Waals surface area contributed by atoms with Crippen LogP contribution in [0.15, 0.2) is 155 Å². The Kier molecular flexibility index (Phi) is 18.2. The first kappa shape index (κ1) is 54.5. The average Bonchev–Trinajstić information content (AvgIpc) is 4.17. The van der Waals surface area contributed by atoms with E-state index in [0.29, 0.717) is 62.5 Å². The molecule has 3 N–H and O–H groups in total. The largest absolute Gasteiger partial charge is 0.481 e. The van der Waals surface area contributed by atoms with Crippen LogP contribution in [0.4, 0.5) is 26.3 Å². The summed E-state index contributed by atoms with van der Waals surface area (Å²) in [7, 11) is 0. The highest BCUT2D eigenvalue weighted by Crippen LogP contribution is 2.37. The second kappa shape index (κ2) is 24.7. The lowest BCUT2D eigenvalue weighted by molar-refractivity contribution is -0.135. The molecular weight excluding hydrogens is 1030 g/mol. The van der Waals surface area contributed by atoms with Gasteiger partial charge >= 0.3 is 5.97 Å². The molecule has 8 nitrogen and oxygen atoms in total. The van der Waals surface area contributed by atoms with Gasteiger partial charge in [-0.2, -0.15) is 0 Å². The number of benzene rings is 6. The van der Waals surface area contributed by atoms with Crippen LogP contribution in [-0.2, 0) is 35.3 Å². The summed E-state index contributed by atoms with van der Waals surface area (Å²) in [6.45, 7) is 0. The number of hydrogen-bond acceptors (Lipinski definition) is 7. The highest BCUT2D eigenvalue weighted by molar-refractivity contribution is 6.31. The molecule has 17 heteroatoms. The summed E-state index contributed by atoms with van der Waals surface area (Å²) in [6, 6.07) is 29.2. The van der Waals surface area contributed by atoms with E-state index in [1.54, 1.807) is 60.7 Å². The Bertz CT molecular complexity index is 3320. The first-order valence-electron chi connectivity index (χ1n) is 22.8. The predicted octanol–water partition coefficient (Wildman–Crippen LogP) is 14.9. The quantitative estimate of drug-likeness (QED) is 0.103. The summed E-state index contributed by atoms with van der Waals surface area (Å²) >= 11 is 11.9. The molecule has 0 fully saturated rings. The van der Waals surface area contributed by atoms with Crippen LogP contribution in [0.1, 0.15) is 76.0 Å². The molecule has 74 heavy (non-hydrogen) atoms. The number of aliphatic carboxylic acids is 1. The number of nitrogens with two attached hydrogens (primary N) is 1. The number of fused-ring (bicyclic) bond motifs is 2. The van der Waals surface area contributed by atoms with Gasteiger partial charge in [-0.25, -0.2) is 36.3 Å². The number of nitrogens with zero attached hydrogens (tertiary/aromatic N) is 2. The fourth-order valence-corrected chi connectivity index (χ4v) is 9.10. The van der Waals surface area contributed by atoms with Gasteiger partial charge in [-0.1, -0.05) is 47.5 Å². The molecule has 10 rings (SSSR count). The topological polar surface area (TPSA) is 132 Å². The Morgan fingerprint density at radius 1 is 0.568 bits per heavy atom. The van der Waals surface area contributed by atoms with Crippen molar-refractivity contribution in [1.82, 2.24) is 9.97 Å². The molecule has 0 radical (unpaired) electrons. The molecule has 0 aliphatic heterocycles. The lowest BCUT2D eigenvalue weighted by Crippen LogP contribution is -2.15. The number of ketones is 1. The zero-order valence-corrected chi connectivity index (χ0v) is 41.3. The summed E-state index contributed by atoms with van der Waals surface area (Å²) < 4.78 is 92.2. The summed E-state index contributed by atoms with van der Waals surface area (Å²) in [4.78, 5) is 32.3. The van der Waals surface area contributed by atoms with Gasteiger partial charge in [-0.05, 0) is 167 Å². The third-order valence-electron chi connectivity index (χ3n) is 12.1. The molecule has 0 saturated carbocycles. The third kappa shape index (κ3) is 14.1. The molecule has 2 unspecified atom stereocenters. The first-order chi connectivity index (χ1) is 35.0. The van der Waals surface area contributed by atoms with Crippen LogP contribution >= 0.6 is 35.6 Å². The third-order valence-corrected chi connectivity index (χ3v) is 12.6. The summed E-state index contributed by atoms with van der Waals surface area (Å²) in [5.74, 6) is -3.81. The molecule has 6 aromatic carbocycles. The summed E-state index contributed by atoms with van der Waals surface area (Å²) in [6.07, 6.45) is 8.30. The van der Waals surface area contributed by atoms with E-state index in [9.17, 15) is 35.9 Å². The Hall–Kier alpha value is -7.23. The Labute approximate surface area is 437 Å². The van der Waals surface area contributed by atoms with Crippen molar-refractivity contribution in [1.29, 1.82) is 0 Å². The first-order valence-corrected chi connectivity index (χ1v) is 23.5. The molecule has 8 aromatic rings. The minimum Gasteiger partial charge on any atom is -0.481 e. The van der Waals surface area contributed by atoms with Crippen LogP contribution in [0.2, 0.25) is 10.0 Å². The van der Waals surface area contributed by atoms with Gasteiger partial charge in [0.25, 0.3) is 0 Å². The Morgan fingerprint density at radius 2 is 1.00 bits per heavy atom. The molecule has 0 spiro atoms. The number of carbonyl (C=O) groups is 2. The fourth-order valence-electron chi connectivity index (χ4n) is 8.85. The van der Waals surface area contributed by atoms with Gasteiger partial charge < -0.3 is 19.7 Å². The van der Waals surface area contributed by atoms with E-state index in [-0.39, 0.29) is 61.9 Å². The van der Waals surface area contributed by atoms with Crippen LogP contribution in [0.25, 0.3) is 33.8 Å². The molecule has 2 aliphatic rings. The van der Waals surface area contributed by atoms with Crippen LogP contribution in [0.3, 0.4) is 0 Å². The number of hydrogen-bond donors (Lipinski definition) is 2. The Balaban J connectivity index is 0.000000179. The highest BCUT2D eigenvalue weighted by atomic mass is 35.5. The van der Waals surface area contributed by atoms with E-state index in [2.05, 4.69) is 9.97 Å². The van der Waals surface area contributed by atoms with E-state index in [1.807, 2.05) is 12.2 Å². The molecule has 0 amide bonds. The average molecular weight is 1070 g/mol. The number of aromatic nitrogens is 2. The van der Waals surface area contributed by atoms with Crippen molar-refractivity contribution >= 4 is 58.5 Å². The van der Waals surface area contributed by atoms with Gasteiger partial charge in [0.15, 0.2) is 24.3 Å². The van der Waals surface area contributed by atoms with E-state index in [4.69, 9.17) is 42.9 Å². The maximum Gasteiger partial charge on any atom is 0.307 e. The molecule has 2 atom stereocenters. The summed E-state index contributed by atoms with van der Waals surface area (Å²) in [5.41, 5.74) is 14.5. The lowest BCUT2D eigenvalue weighted by Gasteiger charge is -2.17. The maximum atomic E-state index is 13.9. The van der Waals surface area contributed by atoms with Crippen LogP contribution < -0.4 is 5.73 Å². The zero-order valence-electron chi connectivity index (χ0n) is 38.9. The van der Waals surface area contributed by atoms with E-state index >= 15 is 0 Å². The Morgan fingerprint density at radius 3 is 1.47 bits per heavy atom. The van der Waals surface area contributed by atoms with E-state index in [0.717, 1.165) is 51.1 Å². The van der Waals surface area contributed by atoms with Crippen molar-refractivity contribution in [2.45, 2.75) is 56.9 Å². The number of halogens is 9. The van der Waals surface area contributed by atoms with Gasteiger partial charge in [-0.3, -0.25) is 9.59 Å². The van der Waals surface area contributed by atoms with Crippen molar-refractivity contribution < 1.29 is 49.9 Å². The van der Waals surface area contributed by atoms with Crippen molar-refractivity contribution in [2.24, 2.45) is 5.73 Å². The molecule has 380 valence electrons. The normalized spacial score (nSPS) is 12.9. The second-order valence-electron chi connectivity index (χ2n) is 17.4. The molecule has 2 heterocycles. The highest BCUT2D eigenvalue weighted by Gasteiger charge is 2.27. The van der Waals surface area contributed by atoms with E-state index in [1.165, 1.54) is 61.3 Å². The van der Waals surface area contributed by atoms with Gasteiger partial charge in [0, 0.05) is 52.1 Å². The SMILES string of the molecule is Cl.NC(Cc1cc(F)cc(F)c1)c1ncoc1-c1ccc(Cl)cc1.O=C(CC1=CCc2ccc(F)cc21)CC(Cc1cc(F)cc(F)c1)c1ncoc1-c1ccc(Cl)cc1.O=C(O)CC1=CCc2ccc(F)cc21. The summed E-state index contributed by atoms with van der Waals surface area (Å²) in [5, 5.41) is 9.80. The number of carboxylic acid groups (broad SMARTS) is 1. The minimum absolute atomic E-state index is 0. The van der Waals surface area contributed by atoms with Crippen LogP contribution in [-0.4, -0.2) is 26.8 Å². The van der Waals surface area contributed by atoms with Gasteiger partial charge in [0.1, 0.15) is 46.4 Å². The monoisotopic (exact) mass is 1070 g/mol. The minimum atomic E-state index is -0.881. The zero-order chi connectivity index (χ0) is 51.8. The van der Waals surface area contributed by atoms with Crippen molar-refractivity contribution in [3.63, 3.8) is 0 Å². The molecule has 2 aliphatic carbocycles. The molecule has 0 bridgehead atoms. The standard InChI is InChI=1S/C29H21ClF3NO2.C17H13ClF2N2O.C11H9FO2.ClH/c30-22-6-3-19(4-7-22)29-28(34-16-36-29)21(9-17-10-24(32)14-25(33)11-17)13-26(35)12-20-2-1-18-5-8-23(31)15-27(18)20;18-12-3-1-11(2-4-12)17-16(22-9-23-17)15(21)7-10-5-13(19)8-14(20)6-10;12-9-4-3-7-1-2-8(5-11(13)14)10(7)6-9;/h2-8,10-11,14-16,21H,1,9,12-13H2;1-6,8-9,15H,7,21H2;2-4,6H,1,5H2,(H,13,14);1H. The smallest absolute Gasteiger partial charge is 0.307 e. The van der Waals surface area contributed by atoms with Gasteiger partial charge in [0.05, 0.1) is 18.2 Å². The number of oxazole rings is 2. The fraction of sp³-hybridized carbons (Fsp3) is 0.158. The van der Waals surface area contributed by atoms with Crippen LogP contribution in [0, 0.1) is 34.9 Å². The van der Waals surface area contributed by atoms with E-state index < -0.39 is 41.2 Å². The van der Waals surface area contributed by atoms with Gasteiger partial charge in [-0.15, -0.1) is 12.4 Å². The number of allylic oxidation sites excluding steroid dienone is 3. The number of carbonyl (C=O) groups excluding carboxylic acids is 1. The van der Waals surface area contributed by atoms with Crippen molar-refractivity contribution in [3.8, 4) is 22.6 Å². The molecule has 2 aromatic heterocycles.